The lowest BCUT2D eigenvalue weighted by Gasteiger charge is -2.18. The highest BCUT2D eigenvalue weighted by atomic mass is 35.5. The molecule has 0 saturated heterocycles. The Hall–Kier alpha value is 0.280. The molecule has 1 aliphatic carbocycles. The van der Waals surface area contributed by atoms with E-state index in [4.69, 9.17) is 23.2 Å². The van der Waals surface area contributed by atoms with Gasteiger partial charge in [0, 0.05) is 10.3 Å². The summed E-state index contributed by atoms with van der Waals surface area (Å²) < 4.78 is 0.893. The van der Waals surface area contributed by atoms with Crippen molar-refractivity contribution >= 4 is 34.5 Å². The molecule has 0 aromatic carbocycles. The smallest absolute Gasteiger partial charge is 0.0931 e. The Kier molecular flexibility index (Phi) is 4.36. The Balaban J connectivity index is 1.97. The molecule has 0 nitrogen and oxygen atoms in total. The lowest BCUT2D eigenvalue weighted by molar-refractivity contribution is 0.468. The second kappa shape index (κ2) is 5.56. The van der Waals surface area contributed by atoms with E-state index < -0.39 is 0 Å². The monoisotopic (exact) mass is 262 g/mol. The minimum atomic E-state index is 0.369. The fourth-order valence-electron chi connectivity index (χ4n) is 2.29. The van der Waals surface area contributed by atoms with Gasteiger partial charge in [0.25, 0.3) is 0 Å². The first-order chi connectivity index (χ1) is 7.25. The molecular weight excluding hydrogens is 247 g/mol. The highest BCUT2D eigenvalue weighted by Gasteiger charge is 2.22. The van der Waals surface area contributed by atoms with Gasteiger partial charge >= 0.3 is 0 Å². The van der Waals surface area contributed by atoms with Crippen molar-refractivity contribution in [1.82, 2.24) is 0 Å². The van der Waals surface area contributed by atoms with E-state index in [1.54, 1.807) is 11.3 Å². The second-order valence-electron chi connectivity index (χ2n) is 4.32. The molecule has 0 bridgehead atoms. The predicted molar refractivity (Wildman–Crippen MR) is 69.2 cm³/mol. The predicted octanol–water partition coefficient (Wildman–Crippen LogP) is 5.13. The minimum Gasteiger partial charge on any atom is -0.128 e. The zero-order chi connectivity index (χ0) is 10.7. The number of alkyl halides is 1. The zero-order valence-electron chi connectivity index (χ0n) is 8.72. The van der Waals surface area contributed by atoms with E-state index in [0.717, 1.165) is 10.8 Å². The van der Waals surface area contributed by atoms with E-state index in [1.807, 2.05) is 6.07 Å². The van der Waals surface area contributed by atoms with Crippen LogP contribution in [0.2, 0.25) is 4.34 Å². The second-order valence-corrected chi connectivity index (χ2v) is 6.68. The Morgan fingerprint density at radius 1 is 1.20 bits per heavy atom. The summed E-state index contributed by atoms with van der Waals surface area (Å²) >= 11 is 14.0. The molecule has 84 valence electrons. The van der Waals surface area contributed by atoms with Crippen molar-refractivity contribution in [2.45, 2.75) is 43.9 Å². The molecule has 3 heteroatoms. The molecule has 1 aliphatic rings. The van der Waals surface area contributed by atoms with E-state index in [9.17, 15) is 0 Å². The molecule has 2 rings (SSSR count). The van der Waals surface area contributed by atoms with Crippen molar-refractivity contribution < 1.29 is 0 Å². The summed E-state index contributed by atoms with van der Waals surface area (Å²) in [6, 6.07) is 4.13. The summed E-state index contributed by atoms with van der Waals surface area (Å²) in [6.07, 6.45) is 7.58. The Morgan fingerprint density at radius 3 is 2.73 bits per heavy atom. The average Bonchev–Trinajstić information content (AvgIpc) is 2.50. The first-order valence-electron chi connectivity index (χ1n) is 5.64. The molecule has 0 N–H and O–H groups in total. The third-order valence-electron chi connectivity index (χ3n) is 3.16. The summed E-state index contributed by atoms with van der Waals surface area (Å²) in [5.41, 5.74) is 0. The normalized spacial score (nSPS) is 27.6. The van der Waals surface area contributed by atoms with Gasteiger partial charge in [-0.2, -0.15) is 0 Å². The molecule has 2 atom stereocenters. The molecule has 15 heavy (non-hydrogen) atoms. The third kappa shape index (κ3) is 3.37. The first-order valence-corrected chi connectivity index (χ1v) is 7.27. The number of hydrogen-bond acceptors (Lipinski definition) is 1. The maximum atomic E-state index is 6.42. The molecule has 1 aromatic heterocycles. The molecule has 0 aliphatic heterocycles. The molecule has 2 unspecified atom stereocenters. The standard InChI is InChI=1S/C12H16Cl2S/c13-11-5-3-1-2-4-9(11)8-10-6-7-12(14)15-10/h6-7,9,11H,1-5,8H2. The lowest BCUT2D eigenvalue weighted by atomic mass is 9.95. The first kappa shape index (κ1) is 11.8. The van der Waals surface area contributed by atoms with E-state index in [1.165, 1.54) is 37.0 Å². The Labute approximate surface area is 106 Å². The summed E-state index contributed by atoms with van der Waals surface area (Å²) in [5.74, 6) is 0.656. The summed E-state index contributed by atoms with van der Waals surface area (Å²) in [4.78, 5) is 1.39. The SMILES string of the molecule is Clc1ccc(CC2CCCCCC2Cl)s1. The number of hydrogen-bond donors (Lipinski definition) is 0. The van der Waals surface area contributed by atoms with Crippen LogP contribution >= 0.6 is 34.5 Å². The molecule has 0 radical (unpaired) electrons. The quantitative estimate of drug-likeness (QED) is 0.512. The van der Waals surface area contributed by atoms with Crippen LogP contribution < -0.4 is 0 Å². The fraction of sp³-hybridized carbons (Fsp3) is 0.667. The van der Waals surface area contributed by atoms with Crippen LogP contribution in [0.4, 0.5) is 0 Å². The van der Waals surface area contributed by atoms with Gasteiger partial charge in [0.05, 0.1) is 4.34 Å². The van der Waals surface area contributed by atoms with Crippen molar-refractivity contribution in [3.8, 4) is 0 Å². The topological polar surface area (TPSA) is 0 Å². The highest BCUT2D eigenvalue weighted by molar-refractivity contribution is 7.16. The molecule has 1 heterocycles. The fourth-order valence-corrected chi connectivity index (χ4v) is 3.84. The average molecular weight is 263 g/mol. The maximum absolute atomic E-state index is 6.42. The molecule has 1 aromatic rings. The van der Waals surface area contributed by atoms with Crippen molar-refractivity contribution in [1.29, 1.82) is 0 Å². The van der Waals surface area contributed by atoms with Crippen molar-refractivity contribution in [2.24, 2.45) is 5.92 Å². The number of halogens is 2. The van der Waals surface area contributed by atoms with Crippen LogP contribution in [0.15, 0.2) is 12.1 Å². The molecule has 0 amide bonds. The largest absolute Gasteiger partial charge is 0.128 e. The third-order valence-corrected chi connectivity index (χ3v) is 4.99. The highest BCUT2D eigenvalue weighted by Crippen LogP contribution is 2.32. The van der Waals surface area contributed by atoms with Gasteiger partial charge in [-0.3, -0.25) is 0 Å². The van der Waals surface area contributed by atoms with Gasteiger partial charge in [-0.15, -0.1) is 22.9 Å². The van der Waals surface area contributed by atoms with Crippen LogP contribution in [0.3, 0.4) is 0 Å². The van der Waals surface area contributed by atoms with Crippen molar-refractivity contribution in [3.63, 3.8) is 0 Å². The van der Waals surface area contributed by atoms with Crippen LogP contribution in [0.1, 0.15) is 37.0 Å². The van der Waals surface area contributed by atoms with E-state index in [-0.39, 0.29) is 0 Å². The Bertz CT molecular complexity index is 308. The number of thiophene rings is 1. The van der Waals surface area contributed by atoms with Gasteiger partial charge in [-0.05, 0) is 37.3 Å². The van der Waals surface area contributed by atoms with Crippen LogP contribution in [0, 0.1) is 5.92 Å². The molecular formula is C12H16Cl2S. The van der Waals surface area contributed by atoms with Crippen LogP contribution in [0.5, 0.6) is 0 Å². The van der Waals surface area contributed by atoms with Gasteiger partial charge in [0.2, 0.25) is 0 Å². The van der Waals surface area contributed by atoms with Crippen molar-refractivity contribution in [3.05, 3.63) is 21.3 Å². The summed E-state index contributed by atoms with van der Waals surface area (Å²) in [6.45, 7) is 0. The lowest BCUT2D eigenvalue weighted by Crippen LogP contribution is -2.15. The van der Waals surface area contributed by atoms with Gasteiger partial charge in [-0.1, -0.05) is 30.9 Å². The van der Waals surface area contributed by atoms with Gasteiger partial charge in [-0.25, -0.2) is 0 Å². The number of rotatable bonds is 2. The van der Waals surface area contributed by atoms with Gasteiger partial charge in [0.15, 0.2) is 0 Å². The van der Waals surface area contributed by atoms with Crippen LogP contribution in [-0.2, 0) is 6.42 Å². The van der Waals surface area contributed by atoms with Crippen LogP contribution in [-0.4, -0.2) is 5.38 Å². The van der Waals surface area contributed by atoms with E-state index in [2.05, 4.69) is 6.07 Å². The van der Waals surface area contributed by atoms with Gasteiger partial charge < -0.3 is 0 Å². The molecule has 0 spiro atoms. The zero-order valence-corrected chi connectivity index (χ0v) is 11.0. The van der Waals surface area contributed by atoms with Crippen molar-refractivity contribution in [2.75, 3.05) is 0 Å². The van der Waals surface area contributed by atoms with Gasteiger partial charge in [0.1, 0.15) is 0 Å². The minimum absolute atomic E-state index is 0.369. The summed E-state index contributed by atoms with van der Waals surface area (Å²) in [7, 11) is 0. The molecule has 1 saturated carbocycles. The maximum Gasteiger partial charge on any atom is 0.0931 e. The van der Waals surface area contributed by atoms with E-state index >= 15 is 0 Å². The molecule has 1 fully saturated rings. The van der Waals surface area contributed by atoms with E-state index in [0.29, 0.717) is 11.3 Å². The summed E-state index contributed by atoms with van der Waals surface area (Å²) in [5, 5.41) is 0.369. The van der Waals surface area contributed by atoms with Crippen LogP contribution in [0.25, 0.3) is 0 Å². The Morgan fingerprint density at radius 2 is 2.00 bits per heavy atom.